The van der Waals surface area contributed by atoms with Gasteiger partial charge in [-0.3, -0.25) is 0 Å². The highest BCUT2D eigenvalue weighted by atomic mass is 16.5. The van der Waals surface area contributed by atoms with Crippen molar-refractivity contribution in [2.45, 2.75) is 19.8 Å². The quantitative estimate of drug-likeness (QED) is 0.660. The molecule has 0 radical (unpaired) electrons. The maximum absolute atomic E-state index is 8.60. The Labute approximate surface area is 89.5 Å². The molecule has 0 saturated heterocycles. The average Bonchev–Trinajstić information content (AvgIpc) is 2.26. The van der Waals surface area contributed by atoms with E-state index in [0.717, 1.165) is 25.2 Å². The highest BCUT2D eigenvalue weighted by Gasteiger charge is 1.97. The van der Waals surface area contributed by atoms with Crippen LogP contribution in [-0.4, -0.2) is 34.8 Å². The lowest BCUT2D eigenvalue weighted by Gasteiger charge is -2.06. The lowest BCUT2D eigenvalue weighted by atomic mass is 10.3. The van der Waals surface area contributed by atoms with Gasteiger partial charge in [0.15, 0.2) is 0 Å². The van der Waals surface area contributed by atoms with Gasteiger partial charge in [-0.1, -0.05) is 0 Å². The minimum absolute atomic E-state index is 0.232. The molecule has 1 aromatic rings. The van der Waals surface area contributed by atoms with Crippen molar-refractivity contribution in [2.75, 3.05) is 25.1 Å². The summed E-state index contributed by atoms with van der Waals surface area (Å²) < 4.78 is 5.24. The van der Waals surface area contributed by atoms with Crippen molar-refractivity contribution in [2.24, 2.45) is 0 Å². The molecular formula is C10H17N3O2. The van der Waals surface area contributed by atoms with E-state index >= 15 is 0 Å². The van der Waals surface area contributed by atoms with Gasteiger partial charge in [0.05, 0.1) is 6.61 Å². The Balaban J connectivity index is 2.36. The van der Waals surface area contributed by atoms with Crippen LogP contribution in [0.15, 0.2) is 12.4 Å². The standard InChI is InChI=1S/C10H17N3O2/c1-2-15-10-7-9(12-8-13-10)11-5-3-4-6-14/h7-8,14H,2-6H2,1H3,(H,11,12,13). The molecule has 15 heavy (non-hydrogen) atoms. The number of rotatable bonds is 7. The summed E-state index contributed by atoms with van der Waals surface area (Å²) in [6.45, 7) is 3.54. The number of aromatic nitrogens is 2. The molecule has 0 bridgehead atoms. The van der Waals surface area contributed by atoms with Crippen LogP contribution in [0.2, 0.25) is 0 Å². The maximum atomic E-state index is 8.60. The van der Waals surface area contributed by atoms with Crippen LogP contribution in [-0.2, 0) is 0 Å². The van der Waals surface area contributed by atoms with E-state index in [1.165, 1.54) is 6.33 Å². The zero-order valence-corrected chi connectivity index (χ0v) is 8.94. The Bertz CT molecular complexity index is 281. The molecule has 2 N–H and O–H groups in total. The van der Waals surface area contributed by atoms with Gasteiger partial charge >= 0.3 is 0 Å². The Morgan fingerprint density at radius 3 is 3.00 bits per heavy atom. The second-order valence-corrected chi connectivity index (χ2v) is 3.03. The van der Waals surface area contributed by atoms with E-state index in [4.69, 9.17) is 9.84 Å². The van der Waals surface area contributed by atoms with Gasteiger partial charge < -0.3 is 15.2 Å². The van der Waals surface area contributed by atoms with Crippen molar-refractivity contribution in [1.29, 1.82) is 0 Å². The Hall–Kier alpha value is -1.36. The molecule has 0 spiro atoms. The average molecular weight is 211 g/mol. The van der Waals surface area contributed by atoms with Crippen molar-refractivity contribution in [1.82, 2.24) is 9.97 Å². The first-order valence-electron chi connectivity index (χ1n) is 5.16. The summed E-state index contributed by atoms with van der Waals surface area (Å²) in [6.07, 6.45) is 3.19. The molecule has 1 heterocycles. The van der Waals surface area contributed by atoms with Gasteiger partial charge in [-0.05, 0) is 19.8 Å². The van der Waals surface area contributed by atoms with E-state index in [-0.39, 0.29) is 6.61 Å². The number of hydrogen-bond acceptors (Lipinski definition) is 5. The van der Waals surface area contributed by atoms with Crippen LogP contribution in [0.1, 0.15) is 19.8 Å². The van der Waals surface area contributed by atoms with Crippen LogP contribution >= 0.6 is 0 Å². The van der Waals surface area contributed by atoms with Gasteiger partial charge in [0.1, 0.15) is 12.1 Å². The van der Waals surface area contributed by atoms with Gasteiger partial charge in [0.25, 0.3) is 0 Å². The third kappa shape index (κ3) is 4.60. The number of nitrogens with zero attached hydrogens (tertiary/aromatic N) is 2. The van der Waals surface area contributed by atoms with Crippen molar-refractivity contribution in [3.63, 3.8) is 0 Å². The van der Waals surface area contributed by atoms with Crippen LogP contribution < -0.4 is 10.1 Å². The van der Waals surface area contributed by atoms with E-state index in [0.29, 0.717) is 12.5 Å². The third-order valence-electron chi connectivity index (χ3n) is 1.83. The zero-order chi connectivity index (χ0) is 10.9. The van der Waals surface area contributed by atoms with Gasteiger partial charge in [0.2, 0.25) is 5.88 Å². The summed E-state index contributed by atoms with van der Waals surface area (Å²) in [4.78, 5) is 8.01. The minimum atomic E-state index is 0.232. The summed E-state index contributed by atoms with van der Waals surface area (Å²) in [5.41, 5.74) is 0. The SMILES string of the molecule is CCOc1cc(NCCCCO)ncn1. The molecule has 0 aromatic carbocycles. The predicted octanol–water partition coefficient (Wildman–Crippen LogP) is 1.06. The largest absolute Gasteiger partial charge is 0.478 e. The first kappa shape index (κ1) is 11.7. The minimum Gasteiger partial charge on any atom is -0.478 e. The van der Waals surface area contributed by atoms with Crippen LogP contribution in [0.25, 0.3) is 0 Å². The van der Waals surface area contributed by atoms with Crippen LogP contribution in [0.4, 0.5) is 5.82 Å². The lowest BCUT2D eigenvalue weighted by Crippen LogP contribution is -2.05. The topological polar surface area (TPSA) is 67.3 Å². The molecular weight excluding hydrogens is 194 g/mol. The highest BCUT2D eigenvalue weighted by Crippen LogP contribution is 2.10. The molecule has 1 aromatic heterocycles. The van der Waals surface area contributed by atoms with E-state index in [1.54, 1.807) is 6.07 Å². The fourth-order valence-corrected chi connectivity index (χ4v) is 1.12. The third-order valence-corrected chi connectivity index (χ3v) is 1.83. The van der Waals surface area contributed by atoms with E-state index in [9.17, 15) is 0 Å². The molecule has 0 aliphatic carbocycles. The van der Waals surface area contributed by atoms with Crippen LogP contribution in [0.3, 0.4) is 0 Å². The molecule has 0 fully saturated rings. The number of aliphatic hydroxyl groups is 1. The molecule has 1 rings (SSSR count). The molecule has 5 heteroatoms. The van der Waals surface area contributed by atoms with E-state index in [1.807, 2.05) is 6.92 Å². The summed E-state index contributed by atoms with van der Waals surface area (Å²) in [6, 6.07) is 1.77. The molecule has 0 aliphatic heterocycles. The Kier molecular flexibility index (Phi) is 5.47. The van der Waals surface area contributed by atoms with Gasteiger partial charge in [0, 0.05) is 19.2 Å². The second kappa shape index (κ2) is 7.00. The highest BCUT2D eigenvalue weighted by molar-refractivity contribution is 5.36. The number of aliphatic hydroxyl groups excluding tert-OH is 1. The van der Waals surface area contributed by atoms with Crippen molar-refractivity contribution < 1.29 is 9.84 Å². The zero-order valence-electron chi connectivity index (χ0n) is 8.94. The monoisotopic (exact) mass is 211 g/mol. The van der Waals surface area contributed by atoms with E-state index in [2.05, 4.69) is 15.3 Å². The van der Waals surface area contributed by atoms with E-state index < -0.39 is 0 Å². The summed E-state index contributed by atoms with van der Waals surface area (Å²) in [5.74, 6) is 1.34. The van der Waals surface area contributed by atoms with Crippen LogP contribution in [0, 0.1) is 0 Å². The molecule has 84 valence electrons. The number of nitrogens with one attached hydrogen (secondary N) is 1. The van der Waals surface area contributed by atoms with Crippen molar-refractivity contribution in [3.8, 4) is 5.88 Å². The summed E-state index contributed by atoms with van der Waals surface area (Å²) in [5, 5.41) is 11.7. The van der Waals surface area contributed by atoms with Gasteiger partial charge in [-0.2, -0.15) is 0 Å². The normalized spacial score (nSPS) is 10.0. The second-order valence-electron chi connectivity index (χ2n) is 3.03. The number of ether oxygens (including phenoxy) is 1. The molecule has 0 atom stereocenters. The Morgan fingerprint density at radius 1 is 1.40 bits per heavy atom. The first-order chi connectivity index (χ1) is 7.36. The maximum Gasteiger partial charge on any atom is 0.218 e. The summed E-state index contributed by atoms with van der Waals surface area (Å²) >= 11 is 0. The lowest BCUT2D eigenvalue weighted by molar-refractivity contribution is 0.286. The fraction of sp³-hybridized carbons (Fsp3) is 0.600. The van der Waals surface area contributed by atoms with Gasteiger partial charge in [-0.25, -0.2) is 9.97 Å². The first-order valence-corrected chi connectivity index (χ1v) is 5.16. The molecule has 5 nitrogen and oxygen atoms in total. The smallest absolute Gasteiger partial charge is 0.218 e. The number of anilines is 1. The van der Waals surface area contributed by atoms with Crippen molar-refractivity contribution in [3.05, 3.63) is 12.4 Å². The molecule has 0 unspecified atom stereocenters. The fourth-order valence-electron chi connectivity index (χ4n) is 1.12. The Morgan fingerprint density at radius 2 is 2.27 bits per heavy atom. The number of unbranched alkanes of at least 4 members (excludes halogenated alkanes) is 1. The summed E-state index contributed by atoms with van der Waals surface area (Å²) in [7, 11) is 0. The number of hydrogen-bond donors (Lipinski definition) is 2. The van der Waals surface area contributed by atoms with Crippen LogP contribution in [0.5, 0.6) is 5.88 Å². The molecule has 0 saturated carbocycles. The molecule has 0 amide bonds. The van der Waals surface area contributed by atoms with Gasteiger partial charge in [-0.15, -0.1) is 0 Å². The molecule has 0 aliphatic rings. The predicted molar refractivity (Wildman–Crippen MR) is 58.0 cm³/mol. The van der Waals surface area contributed by atoms with Crippen molar-refractivity contribution >= 4 is 5.82 Å².